The molecule has 5 rings (SSSR count). The van der Waals surface area contributed by atoms with E-state index in [0.29, 0.717) is 38.4 Å². The van der Waals surface area contributed by atoms with Crippen LogP contribution >= 0.6 is 0 Å². The number of benzene rings is 3. The quantitative estimate of drug-likeness (QED) is 0.145. The molecule has 192 valence electrons. The number of rotatable bonds is 12. The van der Waals surface area contributed by atoms with E-state index in [2.05, 4.69) is 46.2 Å². The van der Waals surface area contributed by atoms with Gasteiger partial charge in [0.1, 0.15) is 11.5 Å². The predicted octanol–water partition coefficient (Wildman–Crippen LogP) is 6.37. The Bertz CT molecular complexity index is 1450. The summed E-state index contributed by atoms with van der Waals surface area (Å²) < 4.78 is 18.9. The van der Waals surface area contributed by atoms with Crippen molar-refractivity contribution >= 4 is 6.47 Å². The Morgan fingerprint density at radius 1 is 0.842 bits per heavy atom. The smallest absolute Gasteiger partial charge is 0.293 e. The molecule has 0 amide bonds. The van der Waals surface area contributed by atoms with Crippen molar-refractivity contribution in [1.29, 1.82) is 0 Å². The number of aryl methyl sites for hydroxylation is 1. The van der Waals surface area contributed by atoms with Crippen molar-refractivity contribution in [2.24, 2.45) is 0 Å². The van der Waals surface area contributed by atoms with Gasteiger partial charge in [0.2, 0.25) is 5.89 Å². The van der Waals surface area contributed by atoms with E-state index in [9.17, 15) is 4.79 Å². The Hall–Kier alpha value is -4.58. The number of oxazole rings is 1. The first-order chi connectivity index (χ1) is 18.7. The van der Waals surface area contributed by atoms with Crippen molar-refractivity contribution in [3.63, 3.8) is 0 Å². The summed E-state index contributed by atoms with van der Waals surface area (Å²) >= 11 is 0. The third kappa shape index (κ3) is 6.21. The van der Waals surface area contributed by atoms with Crippen molar-refractivity contribution < 1.29 is 18.7 Å². The van der Waals surface area contributed by atoms with Gasteiger partial charge < -0.3 is 18.5 Å². The maximum Gasteiger partial charge on any atom is 0.293 e. The molecule has 0 aliphatic carbocycles. The fourth-order valence-electron chi connectivity index (χ4n) is 4.44. The average Bonchev–Trinajstić information content (AvgIpc) is 3.54. The lowest BCUT2D eigenvalue weighted by atomic mass is 10.0. The fraction of sp³-hybridized carbons (Fsp3) is 0.188. The lowest BCUT2D eigenvalue weighted by Gasteiger charge is -2.08. The number of ether oxygens (including phenoxy) is 2. The molecular weight excluding hydrogens is 476 g/mol. The van der Waals surface area contributed by atoms with Gasteiger partial charge in [-0.05, 0) is 66.4 Å². The van der Waals surface area contributed by atoms with E-state index in [-0.39, 0.29) is 0 Å². The maximum absolute atomic E-state index is 10.6. The van der Waals surface area contributed by atoms with Crippen LogP contribution in [0.15, 0.2) is 102 Å². The summed E-state index contributed by atoms with van der Waals surface area (Å²) in [5.41, 5.74) is 6.52. The lowest BCUT2D eigenvalue weighted by Crippen LogP contribution is -2.03. The second-order valence-electron chi connectivity index (χ2n) is 9.08. The van der Waals surface area contributed by atoms with E-state index in [1.807, 2.05) is 67.6 Å². The molecule has 0 saturated heterocycles. The highest BCUT2D eigenvalue weighted by molar-refractivity contribution is 5.53. The van der Waals surface area contributed by atoms with Crippen LogP contribution in [0.5, 0.6) is 5.75 Å². The number of hydrogen-bond donors (Lipinski definition) is 0. The fourth-order valence-corrected chi connectivity index (χ4v) is 4.44. The van der Waals surface area contributed by atoms with Crippen LogP contribution in [0.4, 0.5) is 0 Å². The van der Waals surface area contributed by atoms with Crippen LogP contribution in [-0.4, -0.2) is 29.2 Å². The third-order valence-electron chi connectivity index (χ3n) is 6.45. The van der Waals surface area contributed by atoms with Gasteiger partial charge in [-0.2, -0.15) is 0 Å². The van der Waals surface area contributed by atoms with Gasteiger partial charge in [0.15, 0.2) is 0 Å². The molecule has 0 aliphatic heterocycles. The summed E-state index contributed by atoms with van der Waals surface area (Å²) in [6, 6.07) is 28.3. The standard InChI is InChI=1S/C32H30N2O4/c1-24-31(33-32(38-24)26-8-4-2-5-9-26)17-19-37-30-14-12-25(13-15-30)20-28-22-34(29-10-6-3-7-11-29)21-27(28)16-18-36-23-35/h2-15,21-23H,16-20H2,1H3. The average molecular weight is 507 g/mol. The highest BCUT2D eigenvalue weighted by Crippen LogP contribution is 2.23. The summed E-state index contributed by atoms with van der Waals surface area (Å²) in [6.07, 6.45) is 6.38. The van der Waals surface area contributed by atoms with Crippen molar-refractivity contribution in [3.8, 4) is 22.9 Å². The first kappa shape index (κ1) is 25.1. The largest absolute Gasteiger partial charge is 0.493 e. The molecule has 2 heterocycles. The Morgan fingerprint density at radius 3 is 2.29 bits per heavy atom. The summed E-state index contributed by atoms with van der Waals surface area (Å²) in [4.78, 5) is 15.3. The monoisotopic (exact) mass is 506 g/mol. The van der Waals surface area contributed by atoms with E-state index < -0.39 is 0 Å². The molecule has 2 aromatic heterocycles. The molecule has 0 saturated carbocycles. The molecule has 0 radical (unpaired) electrons. The summed E-state index contributed by atoms with van der Waals surface area (Å²) in [5, 5.41) is 0. The van der Waals surface area contributed by atoms with E-state index in [1.54, 1.807) is 0 Å². The van der Waals surface area contributed by atoms with E-state index in [1.165, 1.54) is 11.1 Å². The van der Waals surface area contributed by atoms with Gasteiger partial charge in [-0.1, -0.05) is 48.5 Å². The van der Waals surface area contributed by atoms with Crippen LogP contribution in [0.3, 0.4) is 0 Å². The van der Waals surface area contributed by atoms with Gasteiger partial charge >= 0.3 is 0 Å². The number of carbonyl (C=O) groups excluding carboxylic acids is 1. The number of aromatic nitrogens is 2. The number of nitrogens with zero attached hydrogens (tertiary/aromatic N) is 2. The third-order valence-corrected chi connectivity index (χ3v) is 6.45. The maximum atomic E-state index is 10.6. The van der Waals surface area contributed by atoms with Crippen LogP contribution in [0.25, 0.3) is 17.1 Å². The van der Waals surface area contributed by atoms with Crippen molar-refractivity contribution in [3.05, 3.63) is 125 Å². The van der Waals surface area contributed by atoms with Crippen LogP contribution in [-0.2, 0) is 28.8 Å². The Morgan fingerprint density at radius 2 is 1.55 bits per heavy atom. The zero-order valence-corrected chi connectivity index (χ0v) is 21.4. The van der Waals surface area contributed by atoms with Crippen LogP contribution in [0.1, 0.15) is 28.1 Å². The van der Waals surface area contributed by atoms with Gasteiger partial charge in [0, 0.05) is 36.5 Å². The Kier molecular flexibility index (Phi) is 7.99. The zero-order valence-electron chi connectivity index (χ0n) is 21.4. The van der Waals surface area contributed by atoms with Crippen molar-refractivity contribution in [2.45, 2.75) is 26.2 Å². The molecule has 6 heteroatoms. The van der Waals surface area contributed by atoms with E-state index >= 15 is 0 Å². The molecule has 0 bridgehead atoms. The molecule has 3 aromatic carbocycles. The van der Waals surface area contributed by atoms with Crippen LogP contribution in [0.2, 0.25) is 0 Å². The van der Waals surface area contributed by atoms with Gasteiger partial charge in [-0.15, -0.1) is 0 Å². The van der Waals surface area contributed by atoms with Crippen LogP contribution < -0.4 is 4.74 Å². The minimum Gasteiger partial charge on any atom is -0.493 e. The SMILES string of the molecule is Cc1oc(-c2ccccc2)nc1CCOc1ccc(Cc2cn(-c3ccccc3)cc2CCOC=O)cc1. The number of para-hydroxylation sites is 1. The molecule has 38 heavy (non-hydrogen) atoms. The topological polar surface area (TPSA) is 66.5 Å². The molecule has 0 aliphatic rings. The zero-order chi connectivity index (χ0) is 26.2. The van der Waals surface area contributed by atoms with Crippen molar-refractivity contribution in [2.75, 3.05) is 13.2 Å². The van der Waals surface area contributed by atoms with E-state index in [4.69, 9.17) is 13.9 Å². The molecule has 6 nitrogen and oxygen atoms in total. The summed E-state index contributed by atoms with van der Waals surface area (Å²) in [7, 11) is 0. The molecule has 0 N–H and O–H groups in total. The molecule has 0 unspecified atom stereocenters. The summed E-state index contributed by atoms with van der Waals surface area (Å²) in [6.45, 7) is 3.31. The second kappa shape index (κ2) is 12.1. The number of carbonyl (C=O) groups is 1. The Labute approximate surface area is 222 Å². The van der Waals surface area contributed by atoms with Crippen molar-refractivity contribution in [1.82, 2.24) is 9.55 Å². The minimum atomic E-state index is 0.361. The normalized spacial score (nSPS) is 10.9. The molecule has 5 aromatic rings. The molecular formula is C32H30N2O4. The highest BCUT2D eigenvalue weighted by atomic mass is 16.5. The summed E-state index contributed by atoms with van der Waals surface area (Å²) in [5.74, 6) is 2.28. The molecule has 0 fully saturated rings. The van der Waals surface area contributed by atoms with Gasteiger partial charge in [0.05, 0.1) is 18.9 Å². The van der Waals surface area contributed by atoms with Gasteiger partial charge in [-0.3, -0.25) is 4.79 Å². The first-order valence-electron chi connectivity index (χ1n) is 12.7. The first-order valence-corrected chi connectivity index (χ1v) is 12.7. The highest BCUT2D eigenvalue weighted by Gasteiger charge is 2.12. The number of hydrogen-bond acceptors (Lipinski definition) is 5. The van der Waals surface area contributed by atoms with Crippen LogP contribution in [0, 0.1) is 6.92 Å². The lowest BCUT2D eigenvalue weighted by molar-refractivity contribution is -0.128. The predicted molar refractivity (Wildman–Crippen MR) is 147 cm³/mol. The second-order valence-corrected chi connectivity index (χ2v) is 9.08. The Balaban J connectivity index is 1.21. The minimum absolute atomic E-state index is 0.361. The molecule has 0 atom stereocenters. The van der Waals surface area contributed by atoms with E-state index in [0.717, 1.165) is 40.4 Å². The van der Waals surface area contributed by atoms with Gasteiger partial charge in [0.25, 0.3) is 6.47 Å². The molecule has 0 spiro atoms. The van der Waals surface area contributed by atoms with Gasteiger partial charge in [-0.25, -0.2) is 4.98 Å².